The first kappa shape index (κ1) is 13.7. The van der Waals surface area contributed by atoms with Crippen molar-refractivity contribution < 1.29 is 4.79 Å². The number of hydrogen-bond acceptors (Lipinski definition) is 3. The van der Waals surface area contributed by atoms with E-state index in [-0.39, 0.29) is 17.2 Å². The third kappa shape index (κ3) is 2.15. The molecule has 0 aliphatic carbocycles. The second-order valence-corrected chi connectivity index (χ2v) is 5.72. The van der Waals surface area contributed by atoms with E-state index in [1.165, 1.54) is 4.90 Å². The maximum atomic E-state index is 12.4. The van der Waals surface area contributed by atoms with Gasteiger partial charge in [-0.2, -0.15) is 0 Å². The van der Waals surface area contributed by atoms with Crippen LogP contribution in [0.3, 0.4) is 0 Å². The zero-order chi connectivity index (χ0) is 14.2. The number of carbonyl (C=O) groups is 1. The number of piperidine rings is 1. The lowest BCUT2D eigenvalue weighted by Gasteiger charge is -2.44. The summed E-state index contributed by atoms with van der Waals surface area (Å²) in [5, 5.41) is 8.42. The minimum absolute atomic E-state index is 0.00674. The summed E-state index contributed by atoms with van der Waals surface area (Å²) >= 11 is 0. The Morgan fingerprint density at radius 3 is 2.79 bits per heavy atom. The van der Waals surface area contributed by atoms with Gasteiger partial charge in [-0.3, -0.25) is 20.1 Å². The van der Waals surface area contributed by atoms with E-state index in [9.17, 15) is 4.79 Å². The summed E-state index contributed by atoms with van der Waals surface area (Å²) < 4.78 is 0. The number of amidine groups is 1. The van der Waals surface area contributed by atoms with E-state index in [0.717, 1.165) is 17.8 Å². The molecule has 4 nitrogen and oxygen atoms in total. The molecule has 0 aromatic carbocycles. The fourth-order valence-electron chi connectivity index (χ4n) is 2.78. The van der Waals surface area contributed by atoms with Crippen molar-refractivity contribution in [2.45, 2.75) is 40.5 Å². The van der Waals surface area contributed by atoms with Crippen molar-refractivity contribution in [1.82, 2.24) is 4.98 Å². The van der Waals surface area contributed by atoms with E-state index < -0.39 is 0 Å². The van der Waals surface area contributed by atoms with Crippen LogP contribution >= 0.6 is 0 Å². The summed E-state index contributed by atoms with van der Waals surface area (Å²) in [6.45, 7) is 8.05. The minimum Gasteiger partial charge on any atom is -0.287 e. The molecule has 1 fully saturated rings. The average molecular weight is 259 g/mol. The molecular weight excluding hydrogens is 238 g/mol. The fraction of sp³-hybridized carbons (Fsp3) is 0.533. The van der Waals surface area contributed by atoms with Crippen molar-refractivity contribution in [3.63, 3.8) is 0 Å². The van der Waals surface area contributed by atoms with Crippen molar-refractivity contribution in [3.8, 4) is 0 Å². The normalized spacial score (nSPS) is 22.7. The van der Waals surface area contributed by atoms with Gasteiger partial charge in [-0.25, -0.2) is 0 Å². The Morgan fingerprint density at radius 1 is 1.53 bits per heavy atom. The Labute approximate surface area is 114 Å². The van der Waals surface area contributed by atoms with Crippen LogP contribution in [0.15, 0.2) is 18.3 Å². The molecule has 0 bridgehead atoms. The van der Waals surface area contributed by atoms with Gasteiger partial charge in [0, 0.05) is 18.0 Å². The van der Waals surface area contributed by atoms with E-state index in [1.807, 2.05) is 19.1 Å². The number of aryl methyl sites for hydroxylation is 1. The van der Waals surface area contributed by atoms with Crippen molar-refractivity contribution in [1.29, 1.82) is 5.41 Å². The molecule has 0 saturated carbocycles. The number of pyridine rings is 1. The second kappa shape index (κ2) is 4.76. The van der Waals surface area contributed by atoms with Crippen LogP contribution in [0.4, 0.5) is 5.69 Å². The van der Waals surface area contributed by atoms with Crippen LogP contribution in [0.25, 0.3) is 0 Å². The monoisotopic (exact) mass is 259 g/mol. The van der Waals surface area contributed by atoms with Gasteiger partial charge < -0.3 is 0 Å². The van der Waals surface area contributed by atoms with Gasteiger partial charge in [-0.05, 0) is 25.0 Å². The Hall–Kier alpha value is -1.71. The smallest absolute Gasteiger partial charge is 0.232 e. The largest absolute Gasteiger partial charge is 0.287 e. The Balaban J connectivity index is 2.45. The van der Waals surface area contributed by atoms with Crippen LogP contribution in [0, 0.1) is 23.7 Å². The molecule has 0 spiro atoms. The maximum Gasteiger partial charge on any atom is 0.232 e. The number of nitrogens with zero attached hydrogens (tertiary/aromatic N) is 2. The molecule has 1 saturated heterocycles. The number of amides is 1. The molecule has 1 N–H and O–H groups in total. The fourth-order valence-corrected chi connectivity index (χ4v) is 2.78. The summed E-state index contributed by atoms with van der Waals surface area (Å²) in [4.78, 5) is 18.1. The number of rotatable bonds is 2. The highest BCUT2D eigenvalue weighted by atomic mass is 16.2. The van der Waals surface area contributed by atoms with E-state index in [1.54, 1.807) is 6.20 Å². The Morgan fingerprint density at radius 2 is 2.21 bits per heavy atom. The lowest BCUT2D eigenvalue weighted by molar-refractivity contribution is -0.120. The van der Waals surface area contributed by atoms with Crippen molar-refractivity contribution in [2.24, 2.45) is 11.3 Å². The second-order valence-electron chi connectivity index (χ2n) is 5.72. The van der Waals surface area contributed by atoms with E-state index in [0.29, 0.717) is 12.3 Å². The number of hydrogen-bond donors (Lipinski definition) is 1. The molecule has 1 amide bonds. The first-order valence-electron chi connectivity index (χ1n) is 6.73. The maximum absolute atomic E-state index is 12.4. The molecule has 1 aliphatic heterocycles. The highest BCUT2D eigenvalue weighted by Gasteiger charge is 2.44. The van der Waals surface area contributed by atoms with Crippen molar-refractivity contribution in [2.75, 3.05) is 4.90 Å². The number of anilines is 1. The topological polar surface area (TPSA) is 57.1 Å². The molecule has 0 unspecified atom stereocenters. The molecule has 19 heavy (non-hydrogen) atoms. The number of nitrogens with one attached hydrogen (secondary N) is 1. The molecular formula is C15H21N3O. The predicted molar refractivity (Wildman–Crippen MR) is 76.4 cm³/mol. The molecule has 1 aromatic heterocycles. The lowest BCUT2D eigenvalue weighted by atomic mass is 9.71. The summed E-state index contributed by atoms with van der Waals surface area (Å²) in [5.41, 5.74) is 1.23. The summed E-state index contributed by atoms with van der Waals surface area (Å²) in [6, 6.07) is 3.67. The quantitative estimate of drug-likeness (QED) is 0.887. The summed E-state index contributed by atoms with van der Waals surface area (Å²) in [7, 11) is 0. The van der Waals surface area contributed by atoms with E-state index >= 15 is 0 Å². The van der Waals surface area contributed by atoms with Gasteiger partial charge in [0.05, 0.1) is 11.4 Å². The van der Waals surface area contributed by atoms with Crippen LogP contribution in [0.2, 0.25) is 0 Å². The predicted octanol–water partition coefficient (Wildman–Crippen LogP) is 3.16. The third-order valence-corrected chi connectivity index (χ3v) is 4.24. The SMILES string of the molecule is CC[C@H]1CC(=O)N(c2cccnc2C)C(=N)C1(C)C. The van der Waals surface area contributed by atoms with Crippen LogP contribution in [-0.2, 0) is 4.79 Å². The van der Waals surface area contributed by atoms with Crippen LogP contribution in [0.1, 0.15) is 39.3 Å². The van der Waals surface area contributed by atoms with Gasteiger partial charge in [-0.15, -0.1) is 0 Å². The average Bonchev–Trinajstić information content (AvgIpc) is 2.36. The van der Waals surface area contributed by atoms with Gasteiger partial charge >= 0.3 is 0 Å². The molecule has 1 atom stereocenters. The first-order chi connectivity index (χ1) is 8.89. The zero-order valence-corrected chi connectivity index (χ0v) is 12.0. The van der Waals surface area contributed by atoms with Gasteiger partial charge in [0.2, 0.25) is 5.91 Å². The van der Waals surface area contributed by atoms with Crippen molar-refractivity contribution >= 4 is 17.4 Å². The molecule has 1 aromatic rings. The van der Waals surface area contributed by atoms with E-state index in [4.69, 9.17) is 5.41 Å². The van der Waals surface area contributed by atoms with Crippen LogP contribution in [0.5, 0.6) is 0 Å². The van der Waals surface area contributed by atoms with Crippen LogP contribution in [-0.4, -0.2) is 16.7 Å². The van der Waals surface area contributed by atoms with Gasteiger partial charge in [0.1, 0.15) is 5.84 Å². The minimum atomic E-state index is -0.287. The number of aromatic nitrogens is 1. The Kier molecular flexibility index (Phi) is 3.43. The Bertz CT molecular complexity index is 522. The van der Waals surface area contributed by atoms with E-state index in [2.05, 4.69) is 25.8 Å². The van der Waals surface area contributed by atoms with Gasteiger partial charge in [0.15, 0.2) is 0 Å². The molecule has 2 heterocycles. The zero-order valence-electron chi connectivity index (χ0n) is 12.0. The third-order valence-electron chi connectivity index (χ3n) is 4.24. The molecule has 2 rings (SSSR count). The first-order valence-corrected chi connectivity index (χ1v) is 6.73. The molecule has 0 radical (unpaired) electrons. The summed E-state index contributed by atoms with van der Waals surface area (Å²) in [5.74, 6) is 0.625. The summed E-state index contributed by atoms with van der Waals surface area (Å²) in [6.07, 6.45) is 3.12. The van der Waals surface area contributed by atoms with Crippen LogP contribution < -0.4 is 4.90 Å². The highest BCUT2D eigenvalue weighted by molar-refractivity contribution is 6.19. The van der Waals surface area contributed by atoms with Gasteiger partial charge in [-0.1, -0.05) is 27.2 Å². The molecule has 102 valence electrons. The van der Waals surface area contributed by atoms with Crippen molar-refractivity contribution in [3.05, 3.63) is 24.0 Å². The molecule has 1 aliphatic rings. The number of carbonyl (C=O) groups excluding carboxylic acids is 1. The lowest BCUT2D eigenvalue weighted by Crippen LogP contribution is -2.53. The standard InChI is InChI=1S/C15H21N3O/c1-5-11-9-13(19)18(14(16)15(11,3)4)12-7-6-8-17-10(12)2/h6-8,11,16H,5,9H2,1-4H3/t11-/m0/s1. The molecule has 4 heteroatoms. The van der Waals surface area contributed by atoms with Gasteiger partial charge in [0.25, 0.3) is 0 Å². The highest BCUT2D eigenvalue weighted by Crippen LogP contribution is 2.40.